The second-order valence-electron chi connectivity index (χ2n) is 5.50. The van der Waals surface area contributed by atoms with Crippen LogP contribution in [0.4, 0.5) is 5.69 Å². The molecule has 9 heteroatoms. The Labute approximate surface area is 145 Å². The number of benzene rings is 1. The topological polar surface area (TPSA) is 107 Å². The summed E-state index contributed by atoms with van der Waals surface area (Å²) in [5.74, 6) is -0.305. The number of carbonyl (C=O) groups is 1. The van der Waals surface area contributed by atoms with Crippen LogP contribution in [-0.4, -0.2) is 20.4 Å². The summed E-state index contributed by atoms with van der Waals surface area (Å²) in [6.45, 7) is 1.96. The number of nitro groups is 1. The number of nitro benzene ring substituents is 1. The summed E-state index contributed by atoms with van der Waals surface area (Å²) in [5, 5.41) is 13.9. The second kappa shape index (κ2) is 6.44. The molecule has 0 aliphatic rings. The minimum Gasteiger partial charge on any atom is -0.347 e. The SMILES string of the molecule is Cc1c(C(=O)NCc2ccc([N+](=O)[O-])cc2)sc2ncn(C)c(=O)c12. The lowest BCUT2D eigenvalue weighted by atomic mass is 10.2. The van der Waals surface area contributed by atoms with Crippen molar-refractivity contribution in [2.75, 3.05) is 0 Å². The van der Waals surface area contributed by atoms with Crippen LogP contribution in [0.5, 0.6) is 0 Å². The summed E-state index contributed by atoms with van der Waals surface area (Å²) in [7, 11) is 1.61. The first-order chi connectivity index (χ1) is 11.9. The van der Waals surface area contributed by atoms with E-state index in [2.05, 4.69) is 10.3 Å². The number of aryl methyl sites for hydroxylation is 2. The van der Waals surface area contributed by atoms with Crippen LogP contribution in [0.25, 0.3) is 10.2 Å². The average molecular weight is 358 g/mol. The predicted molar refractivity (Wildman–Crippen MR) is 93.9 cm³/mol. The van der Waals surface area contributed by atoms with Gasteiger partial charge in [-0.25, -0.2) is 4.98 Å². The Morgan fingerprint density at radius 3 is 2.68 bits per heavy atom. The van der Waals surface area contributed by atoms with Gasteiger partial charge in [-0.15, -0.1) is 11.3 Å². The Hall–Kier alpha value is -3.07. The lowest BCUT2D eigenvalue weighted by molar-refractivity contribution is -0.384. The molecular formula is C16H14N4O4S. The summed E-state index contributed by atoms with van der Waals surface area (Å²) in [6, 6.07) is 5.96. The molecule has 2 aromatic heterocycles. The van der Waals surface area contributed by atoms with Gasteiger partial charge in [0.05, 0.1) is 21.5 Å². The molecular weight excluding hydrogens is 344 g/mol. The van der Waals surface area contributed by atoms with Crippen molar-refractivity contribution < 1.29 is 9.72 Å². The van der Waals surface area contributed by atoms with Crippen molar-refractivity contribution in [3.63, 3.8) is 0 Å². The van der Waals surface area contributed by atoms with Crippen LogP contribution in [0, 0.1) is 17.0 Å². The zero-order valence-corrected chi connectivity index (χ0v) is 14.3. The highest BCUT2D eigenvalue weighted by Crippen LogP contribution is 2.26. The molecule has 3 rings (SSSR count). The van der Waals surface area contributed by atoms with Crippen molar-refractivity contribution in [3.05, 3.63) is 67.1 Å². The monoisotopic (exact) mass is 358 g/mol. The van der Waals surface area contributed by atoms with Crippen LogP contribution in [0.15, 0.2) is 35.4 Å². The lowest BCUT2D eigenvalue weighted by Gasteiger charge is -2.04. The van der Waals surface area contributed by atoms with Crippen molar-refractivity contribution in [2.24, 2.45) is 7.05 Å². The number of carbonyl (C=O) groups excluding carboxylic acids is 1. The molecule has 8 nitrogen and oxygen atoms in total. The fraction of sp³-hybridized carbons (Fsp3) is 0.188. The third-order valence-electron chi connectivity index (χ3n) is 3.82. The van der Waals surface area contributed by atoms with Gasteiger partial charge in [0.1, 0.15) is 4.83 Å². The molecule has 0 saturated carbocycles. The van der Waals surface area contributed by atoms with Crippen LogP contribution >= 0.6 is 11.3 Å². The summed E-state index contributed by atoms with van der Waals surface area (Å²) in [6.07, 6.45) is 1.43. The van der Waals surface area contributed by atoms with Crippen molar-refractivity contribution in [1.29, 1.82) is 0 Å². The standard InChI is InChI=1S/C16H14N4O4S/c1-9-12-15(18-8-19(2)16(12)22)25-13(9)14(21)17-7-10-3-5-11(6-4-10)20(23)24/h3-6,8H,7H2,1-2H3,(H,17,21). The normalized spacial score (nSPS) is 10.8. The molecule has 1 aromatic carbocycles. The molecule has 0 bridgehead atoms. The number of hydrogen-bond acceptors (Lipinski definition) is 6. The number of thiophene rings is 1. The first-order valence-electron chi connectivity index (χ1n) is 7.34. The Morgan fingerprint density at radius 2 is 2.04 bits per heavy atom. The highest BCUT2D eigenvalue weighted by Gasteiger charge is 2.18. The number of nitrogens with zero attached hydrogens (tertiary/aromatic N) is 3. The van der Waals surface area contributed by atoms with Crippen LogP contribution in [0.3, 0.4) is 0 Å². The first-order valence-corrected chi connectivity index (χ1v) is 8.16. The van der Waals surface area contributed by atoms with E-state index in [1.54, 1.807) is 26.1 Å². The molecule has 0 aliphatic carbocycles. The van der Waals surface area contributed by atoms with Crippen molar-refractivity contribution in [1.82, 2.24) is 14.9 Å². The highest BCUT2D eigenvalue weighted by molar-refractivity contribution is 7.20. The van der Waals surface area contributed by atoms with E-state index >= 15 is 0 Å². The maximum Gasteiger partial charge on any atom is 0.269 e. The number of hydrogen-bond donors (Lipinski definition) is 1. The summed E-state index contributed by atoms with van der Waals surface area (Å²) in [5.41, 5.74) is 1.16. The molecule has 1 N–H and O–H groups in total. The molecule has 0 spiro atoms. The Balaban J connectivity index is 1.81. The van der Waals surface area contributed by atoms with Gasteiger partial charge in [0.15, 0.2) is 0 Å². The fourth-order valence-corrected chi connectivity index (χ4v) is 3.48. The molecule has 2 heterocycles. The Morgan fingerprint density at radius 1 is 1.36 bits per heavy atom. The molecule has 128 valence electrons. The summed E-state index contributed by atoms with van der Waals surface area (Å²) < 4.78 is 1.38. The number of amides is 1. The molecule has 0 unspecified atom stereocenters. The first kappa shape index (κ1) is 16.8. The minimum atomic E-state index is -0.476. The van der Waals surface area contributed by atoms with Gasteiger partial charge in [-0.3, -0.25) is 19.7 Å². The highest BCUT2D eigenvalue weighted by atomic mass is 32.1. The van der Waals surface area contributed by atoms with Gasteiger partial charge in [-0.2, -0.15) is 0 Å². The number of fused-ring (bicyclic) bond motifs is 1. The molecule has 0 aliphatic heterocycles. The number of rotatable bonds is 4. The van der Waals surface area contributed by atoms with Gasteiger partial charge in [0, 0.05) is 25.7 Å². The van der Waals surface area contributed by atoms with E-state index in [0.717, 1.165) is 5.56 Å². The average Bonchev–Trinajstić information content (AvgIpc) is 2.94. The van der Waals surface area contributed by atoms with E-state index in [-0.39, 0.29) is 23.7 Å². The fourth-order valence-electron chi connectivity index (χ4n) is 2.42. The van der Waals surface area contributed by atoms with E-state index in [1.165, 1.54) is 34.4 Å². The van der Waals surface area contributed by atoms with E-state index in [1.807, 2.05) is 0 Å². The van der Waals surface area contributed by atoms with Crippen LogP contribution < -0.4 is 10.9 Å². The summed E-state index contributed by atoms with van der Waals surface area (Å²) >= 11 is 1.17. The number of aromatic nitrogens is 2. The second-order valence-corrected chi connectivity index (χ2v) is 6.50. The maximum absolute atomic E-state index is 12.4. The van der Waals surface area contributed by atoms with Gasteiger partial charge in [0.2, 0.25) is 0 Å². The van der Waals surface area contributed by atoms with E-state index < -0.39 is 4.92 Å². The lowest BCUT2D eigenvalue weighted by Crippen LogP contribution is -2.22. The smallest absolute Gasteiger partial charge is 0.269 e. The number of non-ortho nitro benzene ring substituents is 1. The molecule has 25 heavy (non-hydrogen) atoms. The molecule has 0 atom stereocenters. The van der Waals surface area contributed by atoms with E-state index in [9.17, 15) is 19.7 Å². The minimum absolute atomic E-state index is 0.00246. The van der Waals surface area contributed by atoms with Crippen molar-refractivity contribution in [2.45, 2.75) is 13.5 Å². The Bertz CT molecular complexity index is 1040. The van der Waals surface area contributed by atoms with Crippen LogP contribution in [0.2, 0.25) is 0 Å². The van der Waals surface area contributed by atoms with E-state index in [4.69, 9.17) is 0 Å². The predicted octanol–water partition coefficient (Wildman–Crippen LogP) is 2.14. The molecule has 1 amide bonds. The summed E-state index contributed by atoms with van der Waals surface area (Å²) in [4.78, 5) is 39.9. The largest absolute Gasteiger partial charge is 0.347 e. The zero-order chi connectivity index (χ0) is 18.1. The van der Waals surface area contributed by atoms with Crippen molar-refractivity contribution in [3.8, 4) is 0 Å². The van der Waals surface area contributed by atoms with Gasteiger partial charge < -0.3 is 9.88 Å². The van der Waals surface area contributed by atoms with Crippen LogP contribution in [-0.2, 0) is 13.6 Å². The third-order valence-corrected chi connectivity index (χ3v) is 5.02. The van der Waals surface area contributed by atoms with Gasteiger partial charge >= 0.3 is 0 Å². The molecule has 0 fully saturated rings. The van der Waals surface area contributed by atoms with Gasteiger partial charge in [0.25, 0.3) is 17.2 Å². The molecule has 3 aromatic rings. The Kier molecular flexibility index (Phi) is 4.32. The van der Waals surface area contributed by atoms with Crippen molar-refractivity contribution >= 4 is 33.1 Å². The molecule has 0 saturated heterocycles. The zero-order valence-electron chi connectivity index (χ0n) is 13.5. The van der Waals surface area contributed by atoms with Gasteiger partial charge in [-0.1, -0.05) is 12.1 Å². The van der Waals surface area contributed by atoms with Gasteiger partial charge in [-0.05, 0) is 18.1 Å². The molecule has 0 radical (unpaired) electrons. The maximum atomic E-state index is 12.4. The third kappa shape index (κ3) is 3.13. The van der Waals surface area contributed by atoms with Crippen LogP contribution in [0.1, 0.15) is 20.8 Å². The quantitative estimate of drug-likeness (QED) is 0.568. The number of nitrogens with one attached hydrogen (secondary N) is 1. The van der Waals surface area contributed by atoms with E-state index in [0.29, 0.717) is 20.7 Å².